The molecule has 0 radical (unpaired) electrons. The van der Waals surface area contributed by atoms with Crippen molar-refractivity contribution in [3.05, 3.63) is 35.4 Å². The largest absolute Gasteiger partial charge is 0.478 e. The van der Waals surface area contributed by atoms with E-state index in [1.807, 2.05) is 12.1 Å². The van der Waals surface area contributed by atoms with Gasteiger partial charge in [0.2, 0.25) is 0 Å². The van der Waals surface area contributed by atoms with E-state index >= 15 is 0 Å². The van der Waals surface area contributed by atoms with Gasteiger partial charge in [0, 0.05) is 0 Å². The molecule has 0 aromatic heterocycles. The number of hydrogen-bond acceptors (Lipinski definition) is 1. The first kappa shape index (κ1) is 14.7. The highest BCUT2D eigenvalue weighted by atomic mass is 16.4. The van der Waals surface area contributed by atoms with E-state index in [0.717, 1.165) is 12.3 Å². The maximum absolute atomic E-state index is 10.7. The third-order valence-corrected chi connectivity index (χ3v) is 3.26. The summed E-state index contributed by atoms with van der Waals surface area (Å²) >= 11 is 0. The molecule has 1 rings (SSSR count). The fraction of sp³-hybridized carbons (Fsp3) is 0.562. The molecule has 0 bridgehead atoms. The summed E-state index contributed by atoms with van der Waals surface area (Å²) in [4.78, 5) is 10.7. The lowest BCUT2D eigenvalue weighted by Crippen LogP contribution is -2.02. The smallest absolute Gasteiger partial charge is 0.335 e. The number of aromatic carboxylic acids is 1. The molecular formula is C16H24O2. The van der Waals surface area contributed by atoms with Gasteiger partial charge in [-0.1, -0.05) is 52.2 Å². The minimum Gasteiger partial charge on any atom is -0.478 e. The van der Waals surface area contributed by atoms with Gasteiger partial charge in [-0.25, -0.2) is 4.79 Å². The SMILES string of the molecule is CC(C)CCCC(C)Cc1ccc(C(=O)O)cc1. The quantitative estimate of drug-likeness (QED) is 0.777. The van der Waals surface area contributed by atoms with Gasteiger partial charge in [-0.3, -0.25) is 0 Å². The number of hydrogen-bond donors (Lipinski definition) is 1. The molecule has 1 aromatic carbocycles. The zero-order valence-corrected chi connectivity index (χ0v) is 11.6. The van der Waals surface area contributed by atoms with Crippen LogP contribution in [0.25, 0.3) is 0 Å². The number of carboxylic acid groups (broad SMARTS) is 1. The van der Waals surface area contributed by atoms with Crippen LogP contribution in [0, 0.1) is 11.8 Å². The Bertz CT molecular complexity index is 365. The van der Waals surface area contributed by atoms with Crippen LogP contribution in [0.4, 0.5) is 0 Å². The number of carbonyl (C=O) groups is 1. The third kappa shape index (κ3) is 5.35. The molecule has 2 heteroatoms. The van der Waals surface area contributed by atoms with Gasteiger partial charge < -0.3 is 5.11 Å². The summed E-state index contributed by atoms with van der Waals surface area (Å²) in [7, 11) is 0. The molecule has 1 unspecified atom stereocenters. The fourth-order valence-electron chi connectivity index (χ4n) is 2.16. The summed E-state index contributed by atoms with van der Waals surface area (Å²) in [6.07, 6.45) is 4.87. The Kier molecular flexibility index (Phi) is 5.90. The predicted octanol–water partition coefficient (Wildman–Crippen LogP) is 4.39. The molecule has 0 saturated carbocycles. The second kappa shape index (κ2) is 7.20. The summed E-state index contributed by atoms with van der Waals surface area (Å²) in [5, 5.41) is 8.83. The molecule has 0 saturated heterocycles. The molecule has 0 fully saturated rings. The Morgan fingerprint density at radius 3 is 2.22 bits per heavy atom. The van der Waals surface area contributed by atoms with Crippen molar-refractivity contribution in [3.8, 4) is 0 Å². The zero-order chi connectivity index (χ0) is 13.5. The summed E-state index contributed by atoms with van der Waals surface area (Å²) in [5.41, 5.74) is 1.60. The molecule has 0 aliphatic carbocycles. The van der Waals surface area contributed by atoms with Gasteiger partial charge >= 0.3 is 5.97 Å². The van der Waals surface area contributed by atoms with Crippen molar-refractivity contribution >= 4 is 5.97 Å². The molecule has 0 amide bonds. The first-order valence-corrected chi connectivity index (χ1v) is 6.81. The first-order chi connectivity index (χ1) is 8.49. The van der Waals surface area contributed by atoms with Crippen molar-refractivity contribution in [2.24, 2.45) is 11.8 Å². The van der Waals surface area contributed by atoms with Crippen molar-refractivity contribution in [2.45, 2.75) is 46.5 Å². The van der Waals surface area contributed by atoms with Crippen LogP contribution in [0.5, 0.6) is 0 Å². The van der Waals surface area contributed by atoms with Crippen molar-refractivity contribution in [1.82, 2.24) is 0 Å². The van der Waals surface area contributed by atoms with Crippen LogP contribution in [0.15, 0.2) is 24.3 Å². The molecule has 1 aromatic rings. The summed E-state index contributed by atoms with van der Waals surface area (Å²) in [5.74, 6) is 0.595. The van der Waals surface area contributed by atoms with Gasteiger partial charge in [-0.05, 0) is 36.0 Å². The third-order valence-electron chi connectivity index (χ3n) is 3.26. The fourth-order valence-corrected chi connectivity index (χ4v) is 2.16. The van der Waals surface area contributed by atoms with E-state index in [2.05, 4.69) is 20.8 Å². The Balaban J connectivity index is 2.39. The number of benzene rings is 1. The maximum atomic E-state index is 10.7. The molecule has 1 N–H and O–H groups in total. The topological polar surface area (TPSA) is 37.3 Å². The van der Waals surface area contributed by atoms with Crippen LogP contribution in [-0.4, -0.2) is 11.1 Å². The van der Waals surface area contributed by atoms with Crippen LogP contribution in [-0.2, 0) is 6.42 Å². The molecule has 0 aliphatic heterocycles. The standard InChI is InChI=1S/C16H24O2/c1-12(2)5-4-6-13(3)11-14-7-9-15(10-8-14)16(17)18/h7-10,12-13H,4-6,11H2,1-3H3,(H,17,18). The van der Waals surface area contributed by atoms with E-state index in [0.29, 0.717) is 11.5 Å². The van der Waals surface area contributed by atoms with E-state index in [4.69, 9.17) is 5.11 Å². The minimum atomic E-state index is -0.855. The van der Waals surface area contributed by atoms with Crippen molar-refractivity contribution in [1.29, 1.82) is 0 Å². The van der Waals surface area contributed by atoms with Crippen molar-refractivity contribution in [2.75, 3.05) is 0 Å². The normalized spacial score (nSPS) is 12.7. The van der Waals surface area contributed by atoms with E-state index in [1.165, 1.54) is 24.8 Å². The maximum Gasteiger partial charge on any atom is 0.335 e. The van der Waals surface area contributed by atoms with E-state index in [-0.39, 0.29) is 0 Å². The average molecular weight is 248 g/mol. The molecule has 18 heavy (non-hydrogen) atoms. The molecule has 2 nitrogen and oxygen atoms in total. The number of carboxylic acids is 1. The lowest BCUT2D eigenvalue weighted by Gasteiger charge is -2.12. The Morgan fingerprint density at radius 1 is 1.11 bits per heavy atom. The molecule has 0 aliphatic rings. The monoisotopic (exact) mass is 248 g/mol. The van der Waals surface area contributed by atoms with Crippen molar-refractivity contribution < 1.29 is 9.90 Å². The molecule has 1 atom stereocenters. The first-order valence-electron chi connectivity index (χ1n) is 6.81. The highest BCUT2D eigenvalue weighted by Crippen LogP contribution is 2.17. The lowest BCUT2D eigenvalue weighted by molar-refractivity contribution is 0.0697. The highest BCUT2D eigenvalue weighted by molar-refractivity contribution is 5.87. The van der Waals surface area contributed by atoms with Crippen LogP contribution in [0.3, 0.4) is 0 Å². The molecule has 0 spiro atoms. The average Bonchev–Trinajstić information content (AvgIpc) is 2.29. The Labute approximate surface area is 110 Å². The Hall–Kier alpha value is -1.31. The van der Waals surface area contributed by atoms with Crippen LogP contribution in [0.1, 0.15) is 56.0 Å². The lowest BCUT2D eigenvalue weighted by atomic mass is 9.94. The van der Waals surface area contributed by atoms with E-state index in [1.54, 1.807) is 12.1 Å². The van der Waals surface area contributed by atoms with Crippen LogP contribution >= 0.6 is 0 Å². The van der Waals surface area contributed by atoms with Crippen LogP contribution in [0.2, 0.25) is 0 Å². The number of rotatable bonds is 7. The summed E-state index contributed by atoms with van der Waals surface area (Å²) < 4.78 is 0. The van der Waals surface area contributed by atoms with E-state index in [9.17, 15) is 4.79 Å². The molecule has 0 heterocycles. The molecular weight excluding hydrogens is 224 g/mol. The van der Waals surface area contributed by atoms with Gasteiger partial charge in [-0.2, -0.15) is 0 Å². The van der Waals surface area contributed by atoms with Gasteiger partial charge in [-0.15, -0.1) is 0 Å². The van der Waals surface area contributed by atoms with Gasteiger partial charge in [0.15, 0.2) is 0 Å². The van der Waals surface area contributed by atoms with Crippen LogP contribution < -0.4 is 0 Å². The second-order valence-electron chi connectivity index (χ2n) is 5.64. The minimum absolute atomic E-state index is 0.367. The second-order valence-corrected chi connectivity index (χ2v) is 5.64. The Morgan fingerprint density at radius 2 is 1.72 bits per heavy atom. The van der Waals surface area contributed by atoms with E-state index < -0.39 is 5.97 Å². The summed E-state index contributed by atoms with van der Waals surface area (Å²) in [6, 6.07) is 7.25. The summed E-state index contributed by atoms with van der Waals surface area (Å²) in [6.45, 7) is 6.79. The highest BCUT2D eigenvalue weighted by Gasteiger charge is 2.06. The molecule has 100 valence electrons. The zero-order valence-electron chi connectivity index (χ0n) is 11.6. The predicted molar refractivity (Wildman–Crippen MR) is 75.0 cm³/mol. The van der Waals surface area contributed by atoms with Gasteiger partial charge in [0.05, 0.1) is 5.56 Å². The van der Waals surface area contributed by atoms with Gasteiger partial charge in [0.1, 0.15) is 0 Å². The van der Waals surface area contributed by atoms with Crippen molar-refractivity contribution in [3.63, 3.8) is 0 Å². The van der Waals surface area contributed by atoms with Gasteiger partial charge in [0.25, 0.3) is 0 Å².